The van der Waals surface area contributed by atoms with E-state index in [4.69, 9.17) is 4.74 Å². The number of methoxy groups -OCH3 is 1. The van der Waals surface area contributed by atoms with Crippen molar-refractivity contribution in [3.63, 3.8) is 0 Å². The molecule has 0 spiro atoms. The van der Waals surface area contributed by atoms with Gasteiger partial charge in [-0.15, -0.1) is 11.3 Å². The zero-order chi connectivity index (χ0) is 19.4. The van der Waals surface area contributed by atoms with E-state index in [1.54, 1.807) is 49.5 Å². The second-order valence-corrected chi connectivity index (χ2v) is 6.76. The van der Waals surface area contributed by atoms with Gasteiger partial charge in [-0.2, -0.15) is 0 Å². The van der Waals surface area contributed by atoms with Gasteiger partial charge in [0.2, 0.25) is 0 Å². The standard InChI is InChI=1S/C20H17FN2O3S/c1-23-19(12-18(24)22-15-8-3-4-9-16(15)26-2)27-17(20(23)25)11-13-6-5-7-14(21)10-13/h3-12H,1-2H3,(H,22,24)/b17-11+,19-12+. The Hall–Kier alpha value is -3.19. The van der Waals surface area contributed by atoms with Crippen LogP contribution in [0.15, 0.2) is 53.3 Å². The van der Waals surface area contributed by atoms with E-state index in [0.717, 1.165) is 11.3 Å². The molecule has 0 radical (unpaired) electrons. The van der Waals surface area contributed by atoms with Crippen molar-refractivity contribution in [3.05, 3.63) is 79.5 Å². The average Bonchev–Trinajstić information content (AvgIpc) is 2.90. The minimum Gasteiger partial charge on any atom is -0.495 e. The van der Waals surface area contributed by atoms with Crippen LogP contribution < -0.4 is 24.8 Å². The molecule has 0 saturated carbocycles. The number of amides is 1. The van der Waals surface area contributed by atoms with E-state index in [0.29, 0.717) is 26.2 Å². The van der Waals surface area contributed by atoms with Crippen LogP contribution in [-0.2, 0) is 11.8 Å². The Kier molecular flexibility index (Phi) is 5.52. The highest BCUT2D eigenvalue weighted by Gasteiger charge is 2.07. The molecule has 1 amide bonds. The summed E-state index contributed by atoms with van der Waals surface area (Å²) in [6, 6.07) is 13.0. The Bertz CT molecular complexity index is 1160. The van der Waals surface area contributed by atoms with E-state index in [-0.39, 0.29) is 17.3 Å². The number of halogens is 1. The highest BCUT2D eigenvalue weighted by Crippen LogP contribution is 2.22. The first-order valence-corrected chi connectivity index (χ1v) is 8.88. The number of ether oxygens (including phenoxy) is 1. The highest BCUT2D eigenvalue weighted by atomic mass is 32.1. The molecule has 7 heteroatoms. The molecule has 0 saturated heterocycles. The fraction of sp³-hybridized carbons (Fsp3) is 0.100. The molecule has 138 valence electrons. The number of nitrogens with one attached hydrogen (secondary N) is 1. The van der Waals surface area contributed by atoms with E-state index in [1.807, 2.05) is 0 Å². The van der Waals surface area contributed by atoms with E-state index in [2.05, 4.69) is 5.32 Å². The number of benzene rings is 2. The third kappa shape index (κ3) is 4.32. The van der Waals surface area contributed by atoms with Gasteiger partial charge in [0, 0.05) is 13.1 Å². The van der Waals surface area contributed by atoms with Gasteiger partial charge in [-0.25, -0.2) is 4.39 Å². The van der Waals surface area contributed by atoms with Crippen molar-refractivity contribution in [2.75, 3.05) is 12.4 Å². The van der Waals surface area contributed by atoms with Gasteiger partial charge in [0.05, 0.1) is 17.3 Å². The van der Waals surface area contributed by atoms with Crippen molar-refractivity contribution < 1.29 is 13.9 Å². The van der Waals surface area contributed by atoms with Gasteiger partial charge in [0.25, 0.3) is 11.5 Å². The number of anilines is 1. The molecule has 1 heterocycles. The molecular formula is C20H17FN2O3S. The Balaban J connectivity index is 1.95. The fourth-order valence-corrected chi connectivity index (χ4v) is 3.51. The van der Waals surface area contributed by atoms with E-state index in [1.165, 1.54) is 29.9 Å². The van der Waals surface area contributed by atoms with Gasteiger partial charge >= 0.3 is 0 Å². The summed E-state index contributed by atoms with van der Waals surface area (Å²) in [5.74, 6) is -0.215. The summed E-state index contributed by atoms with van der Waals surface area (Å²) in [6.45, 7) is 0. The molecule has 1 aromatic heterocycles. The van der Waals surface area contributed by atoms with Crippen molar-refractivity contribution in [3.8, 4) is 5.75 Å². The summed E-state index contributed by atoms with van der Waals surface area (Å²) < 4.78 is 20.8. The number of thiazole rings is 1. The molecule has 3 rings (SSSR count). The van der Waals surface area contributed by atoms with Gasteiger partial charge in [-0.3, -0.25) is 9.59 Å². The van der Waals surface area contributed by atoms with Gasteiger partial charge in [0.15, 0.2) is 0 Å². The molecular weight excluding hydrogens is 367 g/mol. The minimum absolute atomic E-state index is 0.249. The molecule has 0 aliphatic carbocycles. The monoisotopic (exact) mass is 384 g/mol. The Morgan fingerprint density at radius 2 is 2.00 bits per heavy atom. The average molecular weight is 384 g/mol. The maximum Gasteiger partial charge on any atom is 0.268 e. The smallest absolute Gasteiger partial charge is 0.268 e. The van der Waals surface area contributed by atoms with E-state index < -0.39 is 0 Å². The first-order chi connectivity index (χ1) is 13.0. The number of nitrogens with zero attached hydrogens (tertiary/aromatic N) is 1. The third-order valence-electron chi connectivity index (χ3n) is 3.83. The van der Waals surface area contributed by atoms with Crippen LogP contribution in [0.3, 0.4) is 0 Å². The lowest BCUT2D eigenvalue weighted by Crippen LogP contribution is -2.29. The molecule has 0 bridgehead atoms. The number of carbonyl (C=O) groups is 1. The molecule has 0 aliphatic heterocycles. The Morgan fingerprint density at radius 3 is 2.74 bits per heavy atom. The Labute approximate surface area is 158 Å². The molecule has 0 atom stereocenters. The lowest BCUT2D eigenvalue weighted by molar-refractivity contribution is -0.110. The van der Waals surface area contributed by atoms with Gasteiger partial charge in [-0.1, -0.05) is 24.3 Å². The number of rotatable bonds is 4. The highest BCUT2D eigenvalue weighted by molar-refractivity contribution is 7.07. The van der Waals surface area contributed by atoms with Gasteiger partial charge in [0.1, 0.15) is 16.2 Å². The first kappa shape index (κ1) is 18.6. The lowest BCUT2D eigenvalue weighted by atomic mass is 10.2. The van der Waals surface area contributed by atoms with Crippen LogP contribution in [0.1, 0.15) is 5.56 Å². The summed E-state index contributed by atoms with van der Waals surface area (Å²) in [6.07, 6.45) is 2.95. The zero-order valence-electron chi connectivity index (χ0n) is 14.7. The molecule has 0 fully saturated rings. The molecule has 3 aromatic rings. The van der Waals surface area contributed by atoms with Crippen LogP contribution in [0.2, 0.25) is 0 Å². The quantitative estimate of drug-likeness (QED) is 0.747. The minimum atomic E-state index is -0.381. The number of para-hydroxylation sites is 2. The van der Waals surface area contributed by atoms with Crippen LogP contribution >= 0.6 is 11.3 Å². The second kappa shape index (κ2) is 8.01. The van der Waals surface area contributed by atoms with Gasteiger partial charge < -0.3 is 14.6 Å². The first-order valence-electron chi connectivity index (χ1n) is 8.07. The second-order valence-electron chi connectivity index (χ2n) is 5.70. The van der Waals surface area contributed by atoms with Crippen LogP contribution in [0.5, 0.6) is 5.75 Å². The predicted octanol–water partition coefficient (Wildman–Crippen LogP) is 1.84. The number of aromatic nitrogens is 1. The molecule has 2 aromatic carbocycles. The van der Waals surface area contributed by atoms with Crippen LogP contribution in [-0.4, -0.2) is 17.6 Å². The van der Waals surface area contributed by atoms with Gasteiger partial charge in [-0.05, 0) is 35.9 Å². The molecule has 5 nitrogen and oxygen atoms in total. The third-order valence-corrected chi connectivity index (χ3v) is 4.94. The van der Waals surface area contributed by atoms with E-state index in [9.17, 15) is 14.0 Å². The summed E-state index contributed by atoms with van der Waals surface area (Å²) in [7, 11) is 3.11. The van der Waals surface area contributed by atoms with Crippen LogP contribution in [0.25, 0.3) is 12.2 Å². The predicted molar refractivity (Wildman–Crippen MR) is 105 cm³/mol. The fourth-order valence-electron chi connectivity index (χ4n) is 2.48. The zero-order valence-corrected chi connectivity index (χ0v) is 15.5. The lowest BCUT2D eigenvalue weighted by Gasteiger charge is -2.07. The molecule has 1 N–H and O–H groups in total. The van der Waals surface area contributed by atoms with Crippen molar-refractivity contribution >= 4 is 35.1 Å². The van der Waals surface area contributed by atoms with Crippen molar-refractivity contribution in [1.29, 1.82) is 0 Å². The number of hydrogen-bond acceptors (Lipinski definition) is 4. The van der Waals surface area contributed by atoms with Crippen LogP contribution in [0.4, 0.5) is 10.1 Å². The largest absolute Gasteiger partial charge is 0.495 e. The normalized spacial score (nSPS) is 12.3. The Morgan fingerprint density at radius 1 is 1.22 bits per heavy atom. The molecule has 27 heavy (non-hydrogen) atoms. The molecule has 0 unspecified atom stereocenters. The maximum atomic E-state index is 13.3. The maximum absolute atomic E-state index is 13.3. The van der Waals surface area contributed by atoms with Crippen molar-refractivity contribution in [2.24, 2.45) is 7.05 Å². The summed E-state index contributed by atoms with van der Waals surface area (Å²) in [5, 5.41) is 2.74. The van der Waals surface area contributed by atoms with Crippen LogP contribution in [0, 0.1) is 5.82 Å². The SMILES string of the molecule is COc1ccccc1NC(=O)/C=c1/s/c(=C/c2cccc(F)c2)c(=O)n1C. The summed E-state index contributed by atoms with van der Waals surface area (Å²) in [4.78, 5) is 24.7. The molecule has 0 aliphatic rings. The topological polar surface area (TPSA) is 60.3 Å². The van der Waals surface area contributed by atoms with E-state index >= 15 is 0 Å². The number of carbonyl (C=O) groups excluding carboxylic acids is 1. The summed E-state index contributed by atoms with van der Waals surface area (Å²) in [5.41, 5.74) is 0.869. The number of hydrogen-bond donors (Lipinski definition) is 1. The van der Waals surface area contributed by atoms with Crippen molar-refractivity contribution in [1.82, 2.24) is 4.57 Å². The van der Waals surface area contributed by atoms with Crippen molar-refractivity contribution in [2.45, 2.75) is 0 Å². The summed E-state index contributed by atoms with van der Waals surface area (Å²) >= 11 is 1.16.